The third-order valence-electron chi connectivity index (χ3n) is 9.11. The first kappa shape index (κ1) is 43.1. The lowest BCUT2D eigenvalue weighted by atomic mass is 10.1. The summed E-state index contributed by atoms with van der Waals surface area (Å²) in [5, 5.41) is 31.9. The third-order valence-corrected chi connectivity index (χ3v) is 12.2. The van der Waals surface area contributed by atoms with Crippen molar-refractivity contribution in [1.29, 1.82) is 10.5 Å². The minimum atomic E-state index is -4.45. The molecular formula is C42H33F3N12O2S3. The summed E-state index contributed by atoms with van der Waals surface area (Å²) in [4.78, 5) is 30.3. The van der Waals surface area contributed by atoms with E-state index in [1.165, 1.54) is 47.1 Å². The van der Waals surface area contributed by atoms with Gasteiger partial charge in [-0.25, -0.2) is 43.5 Å². The lowest BCUT2D eigenvalue weighted by Crippen LogP contribution is -2.12. The quantitative estimate of drug-likeness (QED) is 0.100. The third kappa shape index (κ3) is 10.8. The van der Waals surface area contributed by atoms with Gasteiger partial charge in [0.05, 0.1) is 54.4 Å². The Morgan fingerprint density at radius 2 is 1.26 bits per heavy atom. The van der Waals surface area contributed by atoms with Crippen LogP contribution in [0.25, 0.3) is 20.4 Å². The van der Waals surface area contributed by atoms with Crippen LogP contribution in [-0.2, 0) is 29.0 Å². The van der Waals surface area contributed by atoms with Gasteiger partial charge in [0.1, 0.15) is 21.9 Å². The first-order valence-corrected chi connectivity index (χ1v) is 21.8. The molecule has 20 heteroatoms. The molecule has 8 rings (SSSR count). The number of rotatable bonds is 13. The number of nitrogens with zero attached hydrogens (tertiary/aromatic N) is 9. The molecule has 312 valence electrons. The van der Waals surface area contributed by atoms with Crippen molar-refractivity contribution < 1.29 is 21.6 Å². The van der Waals surface area contributed by atoms with E-state index in [-0.39, 0.29) is 10.4 Å². The number of nitrogens with one attached hydrogen (secondary N) is 2. The molecule has 3 aromatic carbocycles. The molecule has 0 aliphatic rings. The van der Waals surface area contributed by atoms with Crippen LogP contribution in [0.2, 0.25) is 0 Å². The first-order valence-electron chi connectivity index (χ1n) is 18.6. The Balaban J connectivity index is 0.000000186. The average Bonchev–Trinajstić information content (AvgIpc) is 3.89. The Kier molecular flexibility index (Phi) is 13.3. The SMILES string of the molecule is N#CC(c1ccnc(NCCc2ccc(S(N)(=O)=O)cc2)n1)c1nc2ccccc2s1.N#CC(c1ccnc(NCCc2cccnc2)n1)c1nc2cc(C(F)(F)F)ccc2s1. The van der Waals surface area contributed by atoms with Crippen molar-refractivity contribution in [1.82, 2.24) is 34.9 Å². The predicted molar refractivity (Wildman–Crippen MR) is 230 cm³/mol. The van der Waals surface area contributed by atoms with E-state index >= 15 is 0 Å². The van der Waals surface area contributed by atoms with Crippen molar-refractivity contribution in [2.75, 3.05) is 23.7 Å². The second-order valence-corrected chi connectivity index (χ2v) is 17.1. The van der Waals surface area contributed by atoms with Crippen molar-refractivity contribution in [2.45, 2.75) is 35.7 Å². The molecule has 0 aliphatic carbocycles. The fraction of sp³-hybridized carbons (Fsp3) is 0.167. The van der Waals surface area contributed by atoms with Crippen LogP contribution in [0.3, 0.4) is 0 Å². The minimum absolute atomic E-state index is 0.0811. The summed E-state index contributed by atoms with van der Waals surface area (Å²) < 4.78 is 63.2. The highest BCUT2D eigenvalue weighted by Gasteiger charge is 2.31. The molecule has 0 saturated carbocycles. The number of pyridine rings is 1. The highest BCUT2D eigenvalue weighted by atomic mass is 32.2. The largest absolute Gasteiger partial charge is 0.416 e. The Morgan fingerprint density at radius 3 is 1.81 bits per heavy atom. The maximum absolute atomic E-state index is 13.0. The second-order valence-electron chi connectivity index (χ2n) is 13.4. The fourth-order valence-electron chi connectivity index (χ4n) is 6.02. The number of hydrogen-bond donors (Lipinski definition) is 3. The van der Waals surface area contributed by atoms with Crippen molar-refractivity contribution >= 4 is 65.0 Å². The number of alkyl halides is 3. The van der Waals surface area contributed by atoms with E-state index < -0.39 is 33.6 Å². The van der Waals surface area contributed by atoms with Crippen LogP contribution in [0.5, 0.6) is 0 Å². The van der Waals surface area contributed by atoms with E-state index in [2.05, 4.69) is 57.7 Å². The van der Waals surface area contributed by atoms with Crippen molar-refractivity contribution in [2.24, 2.45) is 5.14 Å². The van der Waals surface area contributed by atoms with Crippen LogP contribution >= 0.6 is 22.7 Å². The number of fused-ring (bicyclic) bond motifs is 2. The van der Waals surface area contributed by atoms with Crippen LogP contribution < -0.4 is 15.8 Å². The number of nitrogens with two attached hydrogens (primary N) is 1. The molecule has 0 aliphatic heterocycles. The molecule has 0 fully saturated rings. The molecule has 8 aromatic rings. The Bertz CT molecular complexity index is 2970. The van der Waals surface area contributed by atoms with Crippen molar-refractivity contribution in [3.8, 4) is 12.1 Å². The summed E-state index contributed by atoms with van der Waals surface area (Å²) in [6.07, 6.45) is 3.55. The van der Waals surface area contributed by atoms with Crippen LogP contribution in [0.1, 0.15) is 49.9 Å². The van der Waals surface area contributed by atoms with Gasteiger partial charge in [-0.15, -0.1) is 22.7 Å². The van der Waals surface area contributed by atoms with Gasteiger partial charge in [0.25, 0.3) is 0 Å². The van der Waals surface area contributed by atoms with Crippen LogP contribution in [0.15, 0.2) is 121 Å². The highest BCUT2D eigenvalue weighted by Crippen LogP contribution is 2.36. The zero-order valence-corrected chi connectivity index (χ0v) is 34.7. The van der Waals surface area contributed by atoms with E-state index in [1.54, 1.807) is 42.9 Å². The van der Waals surface area contributed by atoms with Gasteiger partial charge in [-0.05, 0) is 84.6 Å². The average molecular weight is 891 g/mol. The Hall–Kier alpha value is -6.97. The number of halogens is 3. The van der Waals surface area contributed by atoms with E-state index in [9.17, 15) is 32.1 Å². The maximum atomic E-state index is 13.0. The Morgan fingerprint density at radius 1 is 0.677 bits per heavy atom. The molecule has 14 nitrogen and oxygen atoms in total. The molecule has 5 aromatic heterocycles. The standard InChI is InChI=1S/C21H15F3N6S.C21H18N6O2S2/c22-21(23,24)14-3-4-18-17(10-14)29-19(31-18)15(11-25)16-6-9-28-20(30-16)27-8-5-13-2-1-7-26-12-13;22-13-16(20-26-18-3-1-2-4-19(18)30-20)17-10-12-25-21(27-17)24-11-9-14-5-7-15(8-6-14)31(23,28)29/h1-4,6-7,9-10,12,15H,5,8H2,(H,27,28,30);1-8,10,12,16H,9,11H2,(H2,23,28,29)(H,24,25,27). The number of thiazole rings is 2. The van der Waals surface area contributed by atoms with Crippen LogP contribution in [0, 0.1) is 22.7 Å². The monoisotopic (exact) mass is 890 g/mol. The zero-order valence-electron chi connectivity index (χ0n) is 32.2. The van der Waals surface area contributed by atoms with Gasteiger partial charge < -0.3 is 10.6 Å². The van der Waals surface area contributed by atoms with E-state index in [0.29, 0.717) is 57.5 Å². The van der Waals surface area contributed by atoms with Crippen LogP contribution in [-0.4, -0.2) is 56.4 Å². The topological polar surface area (TPSA) is 222 Å². The van der Waals surface area contributed by atoms with E-state index in [1.807, 2.05) is 36.4 Å². The molecule has 2 unspecified atom stereocenters. The summed E-state index contributed by atoms with van der Waals surface area (Å²) in [7, 11) is -3.70. The zero-order chi connectivity index (χ0) is 43.7. The van der Waals surface area contributed by atoms with Gasteiger partial charge >= 0.3 is 6.18 Å². The lowest BCUT2D eigenvalue weighted by Gasteiger charge is -2.09. The summed E-state index contributed by atoms with van der Waals surface area (Å²) in [5.41, 5.74) is 3.32. The number of aromatic nitrogens is 7. The van der Waals surface area contributed by atoms with Crippen molar-refractivity contribution in [3.63, 3.8) is 0 Å². The van der Waals surface area contributed by atoms with Crippen LogP contribution in [0.4, 0.5) is 25.1 Å². The smallest absolute Gasteiger partial charge is 0.354 e. The number of para-hydroxylation sites is 1. The number of primary sulfonamides is 1. The molecule has 0 bridgehead atoms. The predicted octanol–water partition coefficient (Wildman–Crippen LogP) is 7.85. The van der Waals surface area contributed by atoms with Gasteiger partial charge in [-0.2, -0.15) is 23.7 Å². The van der Waals surface area contributed by atoms with Crippen molar-refractivity contribution in [3.05, 3.63) is 154 Å². The summed E-state index contributed by atoms with van der Waals surface area (Å²) in [6.45, 7) is 1.12. The van der Waals surface area contributed by atoms with E-state index in [0.717, 1.165) is 39.9 Å². The van der Waals surface area contributed by atoms with Gasteiger partial charge in [-0.1, -0.05) is 30.3 Å². The summed E-state index contributed by atoms with van der Waals surface area (Å²) >= 11 is 2.66. The van der Waals surface area contributed by atoms with Gasteiger partial charge in [-0.3, -0.25) is 4.98 Å². The number of anilines is 2. The lowest BCUT2D eigenvalue weighted by molar-refractivity contribution is -0.137. The maximum Gasteiger partial charge on any atom is 0.416 e. The number of sulfonamides is 1. The van der Waals surface area contributed by atoms with Gasteiger partial charge in [0.15, 0.2) is 0 Å². The molecule has 62 heavy (non-hydrogen) atoms. The summed E-state index contributed by atoms with van der Waals surface area (Å²) in [5.74, 6) is -0.609. The molecule has 4 N–H and O–H groups in total. The second kappa shape index (κ2) is 19.2. The molecule has 2 atom stereocenters. The molecule has 0 radical (unpaired) electrons. The number of hydrogen-bond acceptors (Lipinski definition) is 15. The van der Waals surface area contributed by atoms with Gasteiger partial charge in [0.2, 0.25) is 21.9 Å². The molecule has 0 saturated heterocycles. The van der Waals surface area contributed by atoms with Gasteiger partial charge in [0, 0.05) is 37.9 Å². The normalized spacial score (nSPS) is 12.4. The molecular weight excluding hydrogens is 858 g/mol. The number of benzene rings is 3. The molecule has 0 amide bonds. The fourth-order valence-corrected chi connectivity index (χ4v) is 8.57. The molecule has 5 heterocycles. The Labute approximate surface area is 361 Å². The molecule has 0 spiro atoms. The summed E-state index contributed by atoms with van der Waals surface area (Å²) in [6, 6.07) is 29.2. The highest BCUT2D eigenvalue weighted by molar-refractivity contribution is 7.89. The van der Waals surface area contributed by atoms with E-state index in [4.69, 9.17) is 5.14 Å². The minimum Gasteiger partial charge on any atom is -0.354 e. The number of nitriles is 2. The first-order chi connectivity index (χ1) is 29.9.